The summed E-state index contributed by atoms with van der Waals surface area (Å²) in [7, 11) is 0. The molecule has 0 aliphatic heterocycles. The molecule has 20 heavy (non-hydrogen) atoms. The Morgan fingerprint density at radius 3 is 2.70 bits per heavy atom. The molecule has 98 valence electrons. The third-order valence-electron chi connectivity index (χ3n) is 3.67. The average molecular weight is 260 g/mol. The average Bonchev–Trinajstić information content (AvgIpc) is 2.49. The summed E-state index contributed by atoms with van der Waals surface area (Å²) in [4.78, 5) is 12.4. The first kappa shape index (κ1) is 12.6. The lowest BCUT2D eigenvalue weighted by molar-refractivity contribution is 0.104. The van der Waals surface area contributed by atoms with Gasteiger partial charge in [0.15, 0.2) is 5.78 Å². The number of fused-ring (bicyclic) bond motifs is 1. The first-order chi connectivity index (χ1) is 9.74. The summed E-state index contributed by atoms with van der Waals surface area (Å²) in [6, 6.07) is 14.0. The van der Waals surface area contributed by atoms with Gasteiger partial charge in [-0.2, -0.15) is 0 Å². The van der Waals surface area contributed by atoms with Gasteiger partial charge >= 0.3 is 0 Å². The smallest absolute Gasteiger partial charge is 0.186 e. The van der Waals surface area contributed by atoms with E-state index < -0.39 is 0 Å². The van der Waals surface area contributed by atoms with Gasteiger partial charge in [0.2, 0.25) is 0 Å². The molecule has 0 heterocycles. The van der Waals surface area contributed by atoms with Gasteiger partial charge in [-0.05, 0) is 47.4 Å². The van der Waals surface area contributed by atoms with Gasteiger partial charge in [-0.1, -0.05) is 54.6 Å². The molecule has 1 aliphatic carbocycles. The summed E-state index contributed by atoms with van der Waals surface area (Å²) in [5, 5.41) is 2.26. The minimum absolute atomic E-state index is 0.0776. The van der Waals surface area contributed by atoms with Crippen molar-refractivity contribution in [2.45, 2.75) is 13.3 Å². The highest BCUT2D eigenvalue weighted by Gasteiger charge is 2.08. The molecule has 2 aromatic carbocycles. The molecular formula is C19H16O. The lowest BCUT2D eigenvalue weighted by Crippen LogP contribution is -1.98. The summed E-state index contributed by atoms with van der Waals surface area (Å²) >= 11 is 0. The molecule has 0 saturated heterocycles. The zero-order valence-electron chi connectivity index (χ0n) is 11.5. The van der Waals surface area contributed by atoms with E-state index in [1.165, 1.54) is 5.57 Å². The minimum atomic E-state index is 0.0776. The molecule has 0 atom stereocenters. The topological polar surface area (TPSA) is 17.1 Å². The predicted molar refractivity (Wildman–Crippen MR) is 83.9 cm³/mol. The van der Waals surface area contributed by atoms with E-state index in [9.17, 15) is 4.79 Å². The van der Waals surface area contributed by atoms with Gasteiger partial charge in [-0.15, -0.1) is 0 Å². The molecule has 1 nitrogen and oxygen atoms in total. The van der Waals surface area contributed by atoms with Crippen LogP contribution in [0.2, 0.25) is 0 Å². The van der Waals surface area contributed by atoms with Crippen LogP contribution in [-0.2, 0) is 0 Å². The molecule has 0 aromatic heterocycles. The van der Waals surface area contributed by atoms with Crippen LogP contribution in [0.4, 0.5) is 0 Å². The molecule has 0 unspecified atom stereocenters. The fourth-order valence-electron chi connectivity index (χ4n) is 2.43. The number of carbonyl (C=O) groups is 1. The maximum atomic E-state index is 12.4. The highest BCUT2D eigenvalue weighted by molar-refractivity contribution is 6.07. The largest absolute Gasteiger partial charge is 0.289 e. The van der Waals surface area contributed by atoms with E-state index in [-0.39, 0.29) is 5.78 Å². The molecule has 2 aromatic rings. The van der Waals surface area contributed by atoms with Gasteiger partial charge in [0.05, 0.1) is 0 Å². The van der Waals surface area contributed by atoms with Gasteiger partial charge < -0.3 is 0 Å². The van der Waals surface area contributed by atoms with Gasteiger partial charge in [-0.3, -0.25) is 4.79 Å². The van der Waals surface area contributed by atoms with Crippen LogP contribution < -0.4 is 0 Å². The Hall–Kier alpha value is -2.41. The quantitative estimate of drug-likeness (QED) is 0.557. The van der Waals surface area contributed by atoms with Crippen molar-refractivity contribution in [3.8, 4) is 0 Å². The van der Waals surface area contributed by atoms with Crippen molar-refractivity contribution >= 4 is 16.6 Å². The van der Waals surface area contributed by atoms with Crippen molar-refractivity contribution < 1.29 is 4.79 Å². The Morgan fingerprint density at radius 2 is 1.90 bits per heavy atom. The molecule has 1 aliphatic rings. The molecule has 0 saturated carbocycles. The summed E-state index contributed by atoms with van der Waals surface area (Å²) in [6.07, 6.45) is 8.75. The molecule has 0 spiro atoms. The van der Waals surface area contributed by atoms with Crippen molar-refractivity contribution in [1.29, 1.82) is 0 Å². The predicted octanol–water partition coefficient (Wildman–Crippen LogP) is 4.86. The highest BCUT2D eigenvalue weighted by atomic mass is 16.1. The molecule has 0 radical (unpaired) electrons. The van der Waals surface area contributed by atoms with E-state index in [1.54, 1.807) is 6.08 Å². The monoisotopic (exact) mass is 260 g/mol. The molecule has 0 N–H and O–H groups in total. The molecule has 1 heteroatoms. The summed E-state index contributed by atoms with van der Waals surface area (Å²) in [5.41, 5.74) is 3.02. The zero-order valence-corrected chi connectivity index (χ0v) is 11.5. The first-order valence-corrected chi connectivity index (χ1v) is 6.81. The van der Waals surface area contributed by atoms with Crippen molar-refractivity contribution in [2.75, 3.05) is 0 Å². The normalized spacial score (nSPS) is 16.4. The third kappa shape index (κ3) is 2.48. The second-order valence-corrected chi connectivity index (χ2v) is 5.08. The number of hydrogen-bond acceptors (Lipinski definition) is 1. The van der Waals surface area contributed by atoms with Crippen LogP contribution in [0.1, 0.15) is 23.7 Å². The number of carbonyl (C=O) groups excluding carboxylic acids is 1. The Labute approximate surface area is 118 Å². The van der Waals surface area contributed by atoms with Crippen LogP contribution in [-0.4, -0.2) is 5.78 Å². The van der Waals surface area contributed by atoms with Gasteiger partial charge in [-0.25, -0.2) is 0 Å². The van der Waals surface area contributed by atoms with Crippen LogP contribution in [0.15, 0.2) is 77.9 Å². The maximum Gasteiger partial charge on any atom is 0.186 e. The molecular weight excluding hydrogens is 244 g/mol. The molecule has 0 amide bonds. The van der Waals surface area contributed by atoms with Crippen molar-refractivity contribution in [3.63, 3.8) is 0 Å². The van der Waals surface area contributed by atoms with Crippen LogP contribution in [0.5, 0.6) is 0 Å². The van der Waals surface area contributed by atoms with Crippen LogP contribution in [0, 0.1) is 0 Å². The van der Waals surface area contributed by atoms with E-state index in [1.807, 2.05) is 55.5 Å². The van der Waals surface area contributed by atoms with Gasteiger partial charge in [0.25, 0.3) is 0 Å². The van der Waals surface area contributed by atoms with Crippen molar-refractivity contribution in [2.24, 2.45) is 0 Å². The Morgan fingerprint density at radius 1 is 1.10 bits per heavy atom. The summed E-state index contributed by atoms with van der Waals surface area (Å²) in [6.45, 7) is 2.04. The first-order valence-electron chi connectivity index (χ1n) is 6.81. The number of hydrogen-bond donors (Lipinski definition) is 0. The Kier molecular flexibility index (Phi) is 3.34. The van der Waals surface area contributed by atoms with Crippen LogP contribution >= 0.6 is 0 Å². The third-order valence-corrected chi connectivity index (χ3v) is 3.67. The lowest BCUT2D eigenvalue weighted by Gasteiger charge is -2.08. The van der Waals surface area contributed by atoms with E-state index in [0.717, 1.165) is 28.3 Å². The SMILES string of the molecule is CC1=CC=CCC1=CC(=O)c1ccc2ccccc2c1. The summed E-state index contributed by atoms with van der Waals surface area (Å²) < 4.78 is 0. The van der Waals surface area contributed by atoms with Crippen molar-refractivity contribution in [3.05, 3.63) is 83.5 Å². The summed E-state index contributed by atoms with van der Waals surface area (Å²) in [5.74, 6) is 0.0776. The number of benzene rings is 2. The fraction of sp³-hybridized carbons (Fsp3) is 0.105. The molecule has 0 bridgehead atoms. The van der Waals surface area contributed by atoms with E-state index in [2.05, 4.69) is 12.1 Å². The van der Waals surface area contributed by atoms with Crippen LogP contribution in [0.3, 0.4) is 0 Å². The zero-order chi connectivity index (χ0) is 13.9. The second kappa shape index (κ2) is 5.30. The second-order valence-electron chi connectivity index (χ2n) is 5.08. The molecule has 0 fully saturated rings. The van der Waals surface area contributed by atoms with Crippen molar-refractivity contribution in [1.82, 2.24) is 0 Å². The number of allylic oxidation sites excluding steroid dienone is 6. The van der Waals surface area contributed by atoms with E-state index in [0.29, 0.717) is 0 Å². The van der Waals surface area contributed by atoms with Crippen LogP contribution in [0.25, 0.3) is 10.8 Å². The highest BCUT2D eigenvalue weighted by Crippen LogP contribution is 2.21. The van der Waals surface area contributed by atoms with E-state index in [4.69, 9.17) is 0 Å². The number of rotatable bonds is 2. The molecule has 3 rings (SSSR count). The maximum absolute atomic E-state index is 12.4. The minimum Gasteiger partial charge on any atom is -0.289 e. The van der Waals surface area contributed by atoms with Gasteiger partial charge in [0, 0.05) is 5.56 Å². The Balaban J connectivity index is 1.95. The van der Waals surface area contributed by atoms with E-state index >= 15 is 0 Å². The number of ketones is 1. The lowest BCUT2D eigenvalue weighted by atomic mass is 9.96. The standard InChI is InChI=1S/C19H16O/c1-14-6-2-3-8-16(14)13-19(20)18-11-10-15-7-4-5-9-17(15)12-18/h2-7,9-13H,8H2,1H3. The Bertz CT molecular complexity index is 760. The van der Waals surface area contributed by atoms with Gasteiger partial charge in [0.1, 0.15) is 0 Å². The fourth-order valence-corrected chi connectivity index (χ4v) is 2.43.